The Morgan fingerprint density at radius 2 is 1.78 bits per heavy atom. The van der Waals surface area contributed by atoms with Gasteiger partial charge in [0.2, 0.25) is 11.8 Å². The number of fused-ring (bicyclic) bond motifs is 1. The topological polar surface area (TPSA) is 80.3 Å². The quantitative estimate of drug-likeness (QED) is 0.179. The number of carbonyl (C=O) groups excluding carboxylic acids is 1. The minimum atomic E-state index is -0.396. The molecule has 6 nitrogen and oxygen atoms in total. The number of rotatable bonds is 5. The average molecular weight is 534 g/mol. The minimum absolute atomic E-state index is 0.137. The Labute approximate surface area is 221 Å². The van der Waals surface area contributed by atoms with Crippen LogP contribution in [-0.2, 0) is 4.79 Å². The third-order valence-electron chi connectivity index (χ3n) is 5.13. The molecule has 3 aromatic carbocycles. The summed E-state index contributed by atoms with van der Waals surface area (Å²) in [5.41, 5.74) is 3.40. The highest BCUT2D eigenvalue weighted by Gasteiger charge is 2.13. The normalized spacial score (nSPS) is 11.2. The van der Waals surface area contributed by atoms with Crippen LogP contribution in [-0.4, -0.2) is 16.0 Å². The van der Waals surface area contributed by atoms with Crippen molar-refractivity contribution in [2.75, 3.05) is 5.32 Å². The molecule has 178 valence electrons. The highest BCUT2D eigenvalue weighted by Crippen LogP contribution is 2.32. The molecule has 2 heterocycles. The molecule has 0 spiro atoms. The lowest BCUT2D eigenvalue weighted by Gasteiger charge is -2.07. The van der Waals surface area contributed by atoms with Crippen LogP contribution in [0.2, 0.25) is 10.0 Å². The van der Waals surface area contributed by atoms with Gasteiger partial charge >= 0.3 is 0 Å². The number of halogens is 2. The fraction of sp³-hybridized carbons (Fsp3) is 0. The molecule has 0 aliphatic rings. The van der Waals surface area contributed by atoms with Crippen molar-refractivity contribution in [2.45, 2.75) is 0 Å². The van der Waals surface area contributed by atoms with Gasteiger partial charge in [-0.25, -0.2) is 4.98 Å². The third-order valence-corrected chi connectivity index (χ3v) is 5.88. The first-order valence-corrected chi connectivity index (χ1v) is 11.9. The maximum absolute atomic E-state index is 12.3. The van der Waals surface area contributed by atoms with E-state index in [0.29, 0.717) is 44.0 Å². The molecule has 0 aliphatic carbocycles. The van der Waals surface area contributed by atoms with Crippen molar-refractivity contribution >= 4 is 69.3 Å². The molecule has 0 aliphatic heterocycles. The van der Waals surface area contributed by atoms with Crippen LogP contribution >= 0.6 is 35.4 Å². The van der Waals surface area contributed by atoms with Crippen LogP contribution in [0.5, 0.6) is 0 Å². The number of amides is 1. The maximum atomic E-state index is 12.3. The van der Waals surface area contributed by atoms with Crippen LogP contribution in [0.15, 0.2) is 93.8 Å². The first kappa shape index (κ1) is 23.8. The Balaban J connectivity index is 1.21. The number of nitrogens with zero attached hydrogens (tertiary/aromatic N) is 1. The number of aromatic nitrogens is 1. The smallest absolute Gasteiger partial charge is 0.250 e. The zero-order valence-corrected chi connectivity index (χ0v) is 20.8. The van der Waals surface area contributed by atoms with Crippen LogP contribution in [0.4, 0.5) is 5.69 Å². The predicted octanol–water partition coefficient (Wildman–Crippen LogP) is 7.59. The lowest BCUT2D eigenvalue weighted by Crippen LogP contribution is -2.32. The van der Waals surface area contributed by atoms with E-state index >= 15 is 0 Å². The summed E-state index contributed by atoms with van der Waals surface area (Å²) in [5, 5.41) is 6.68. The first-order chi connectivity index (χ1) is 17.4. The molecule has 0 fully saturated rings. The molecule has 2 aromatic heterocycles. The van der Waals surface area contributed by atoms with Gasteiger partial charge in [-0.3, -0.25) is 10.1 Å². The van der Waals surface area contributed by atoms with Gasteiger partial charge in [0, 0.05) is 22.3 Å². The van der Waals surface area contributed by atoms with Crippen molar-refractivity contribution in [1.29, 1.82) is 0 Å². The van der Waals surface area contributed by atoms with Gasteiger partial charge < -0.3 is 14.2 Å². The summed E-state index contributed by atoms with van der Waals surface area (Å²) in [6, 6.07) is 23.7. The van der Waals surface area contributed by atoms with Crippen LogP contribution in [0.1, 0.15) is 5.76 Å². The molecule has 0 atom stereocenters. The molecule has 9 heteroatoms. The van der Waals surface area contributed by atoms with Gasteiger partial charge in [0.1, 0.15) is 17.0 Å². The lowest BCUT2D eigenvalue weighted by molar-refractivity contribution is -0.115. The maximum Gasteiger partial charge on any atom is 0.250 e. The molecule has 1 amide bonds. The SMILES string of the molecule is O=C(/C=C/c1ccc(-c2ccccc2)o1)NC(=S)Nc1ccc2oc(-c3ccc(Cl)cc3Cl)nc2c1. The average Bonchev–Trinajstić information content (AvgIpc) is 3.50. The van der Waals surface area contributed by atoms with Crippen molar-refractivity contribution in [3.8, 4) is 22.8 Å². The van der Waals surface area contributed by atoms with Gasteiger partial charge in [0.05, 0.1) is 10.6 Å². The lowest BCUT2D eigenvalue weighted by atomic mass is 10.2. The van der Waals surface area contributed by atoms with E-state index in [1.165, 1.54) is 6.08 Å². The van der Waals surface area contributed by atoms with E-state index in [1.807, 2.05) is 36.4 Å². The van der Waals surface area contributed by atoms with Gasteiger partial charge in [-0.15, -0.1) is 0 Å². The summed E-state index contributed by atoms with van der Waals surface area (Å²) in [6.07, 6.45) is 2.93. The number of thiocarbonyl (C=S) groups is 1. The Kier molecular flexibility index (Phi) is 6.86. The van der Waals surface area contributed by atoms with E-state index in [4.69, 9.17) is 44.3 Å². The van der Waals surface area contributed by atoms with Gasteiger partial charge in [-0.05, 0) is 66.8 Å². The second-order valence-corrected chi connectivity index (χ2v) is 8.92. The van der Waals surface area contributed by atoms with E-state index in [1.54, 1.807) is 48.5 Å². The second kappa shape index (κ2) is 10.4. The number of anilines is 1. The fourth-order valence-corrected chi connectivity index (χ4v) is 4.16. The Morgan fingerprint density at radius 3 is 2.58 bits per heavy atom. The summed E-state index contributed by atoms with van der Waals surface area (Å²) in [7, 11) is 0. The van der Waals surface area contributed by atoms with E-state index in [9.17, 15) is 4.79 Å². The molecular formula is C27H17Cl2N3O3S. The Bertz CT molecular complexity index is 1610. The molecule has 5 aromatic rings. The molecule has 2 N–H and O–H groups in total. The number of furan rings is 1. The van der Waals surface area contributed by atoms with Gasteiger partial charge in [0.15, 0.2) is 10.7 Å². The van der Waals surface area contributed by atoms with Gasteiger partial charge in [-0.2, -0.15) is 0 Å². The summed E-state index contributed by atoms with van der Waals surface area (Å²) in [6.45, 7) is 0. The number of hydrogen-bond donors (Lipinski definition) is 2. The van der Waals surface area contributed by atoms with Crippen molar-refractivity contribution in [3.05, 3.63) is 101 Å². The van der Waals surface area contributed by atoms with Gasteiger partial charge in [-0.1, -0.05) is 53.5 Å². The van der Waals surface area contributed by atoms with Crippen molar-refractivity contribution in [2.24, 2.45) is 0 Å². The highest BCUT2D eigenvalue weighted by atomic mass is 35.5. The van der Waals surface area contributed by atoms with Crippen molar-refractivity contribution in [3.63, 3.8) is 0 Å². The van der Waals surface area contributed by atoms with E-state index < -0.39 is 5.91 Å². The van der Waals surface area contributed by atoms with Crippen LogP contribution in [0.25, 0.3) is 40.0 Å². The third kappa shape index (κ3) is 5.49. The number of oxazole rings is 1. The van der Waals surface area contributed by atoms with Crippen LogP contribution < -0.4 is 10.6 Å². The summed E-state index contributed by atoms with van der Waals surface area (Å²) in [4.78, 5) is 16.8. The van der Waals surface area contributed by atoms with Crippen LogP contribution in [0, 0.1) is 0 Å². The minimum Gasteiger partial charge on any atom is -0.457 e. The molecule has 0 saturated carbocycles. The summed E-state index contributed by atoms with van der Waals surface area (Å²) in [5.74, 6) is 1.25. The first-order valence-electron chi connectivity index (χ1n) is 10.8. The summed E-state index contributed by atoms with van der Waals surface area (Å²) >= 11 is 17.5. The molecule has 0 unspecified atom stereocenters. The fourth-order valence-electron chi connectivity index (χ4n) is 3.46. The standard InChI is InChI=1S/C27H17Cl2N3O3S/c28-17-6-10-20(21(29)14-17)26-31-22-15-18(7-11-24(22)35-26)30-27(36)32-25(33)13-9-19-8-12-23(34-19)16-4-2-1-3-5-16/h1-15H,(H2,30,32,33,36)/b13-9+. The van der Waals surface area contributed by atoms with Crippen LogP contribution in [0.3, 0.4) is 0 Å². The molecule has 0 radical (unpaired) electrons. The molecule has 0 bridgehead atoms. The van der Waals surface area contributed by atoms with E-state index in [0.717, 1.165) is 11.3 Å². The Hall–Kier alpha value is -3.91. The second-order valence-electron chi connectivity index (χ2n) is 7.67. The number of nitrogens with one attached hydrogen (secondary N) is 2. The zero-order chi connectivity index (χ0) is 25.1. The predicted molar refractivity (Wildman–Crippen MR) is 147 cm³/mol. The van der Waals surface area contributed by atoms with Gasteiger partial charge in [0.25, 0.3) is 0 Å². The van der Waals surface area contributed by atoms with Crippen molar-refractivity contribution in [1.82, 2.24) is 10.3 Å². The molecule has 5 rings (SSSR count). The van der Waals surface area contributed by atoms with Crippen molar-refractivity contribution < 1.29 is 13.6 Å². The largest absolute Gasteiger partial charge is 0.457 e. The monoisotopic (exact) mass is 533 g/mol. The highest BCUT2D eigenvalue weighted by molar-refractivity contribution is 7.80. The Morgan fingerprint density at radius 1 is 0.944 bits per heavy atom. The van der Waals surface area contributed by atoms with E-state index in [-0.39, 0.29) is 5.11 Å². The molecule has 36 heavy (non-hydrogen) atoms. The van der Waals surface area contributed by atoms with E-state index in [2.05, 4.69) is 15.6 Å². The summed E-state index contributed by atoms with van der Waals surface area (Å²) < 4.78 is 11.6. The number of carbonyl (C=O) groups is 1. The molecule has 0 saturated heterocycles. The molecular weight excluding hydrogens is 517 g/mol. The zero-order valence-electron chi connectivity index (χ0n) is 18.5. The number of hydrogen-bond acceptors (Lipinski definition) is 5. The number of benzene rings is 3.